The molecular weight excluding hydrogens is 346 g/mol. The summed E-state index contributed by atoms with van der Waals surface area (Å²) in [7, 11) is 0. The Morgan fingerprint density at radius 1 is 1.15 bits per heavy atom. The highest BCUT2D eigenvalue weighted by Crippen LogP contribution is 2.51. The number of carboxylic acid groups (broad SMARTS) is 1. The molecule has 1 amide bonds. The van der Waals surface area contributed by atoms with Crippen molar-refractivity contribution >= 4 is 23.2 Å². The van der Waals surface area contributed by atoms with Crippen LogP contribution in [-0.2, 0) is 15.0 Å². The number of aliphatic carboxylic acids is 1. The monoisotopic (exact) mass is 369 g/mol. The van der Waals surface area contributed by atoms with E-state index in [2.05, 4.69) is 18.4 Å². The van der Waals surface area contributed by atoms with Crippen molar-refractivity contribution in [3.05, 3.63) is 57.8 Å². The molecule has 1 aromatic carbocycles. The minimum atomic E-state index is -0.870. The molecule has 0 unspecified atom stereocenters. The Kier molecular flexibility index (Phi) is 4.35. The Morgan fingerprint density at radius 3 is 2.42 bits per heavy atom. The van der Waals surface area contributed by atoms with Gasteiger partial charge in [0.05, 0.1) is 5.41 Å². The number of aryl methyl sites for hydroxylation is 1. The molecule has 2 heterocycles. The van der Waals surface area contributed by atoms with Crippen LogP contribution in [0.5, 0.6) is 0 Å². The normalized spacial score (nSPS) is 24.3. The van der Waals surface area contributed by atoms with E-state index in [1.807, 2.05) is 35.2 Å². The molecule has 4 nitrogen and oxygen atoms in total. The summed E-state index contributed by atoms with van der Waals surface area (Å²) in [4.78, 5) is 28.1. The van der Waals surface area contributed by atoms with E-state index in [-0.39, 0.29) is 11.8 Å². The van der Waals surface area contributed by atoms with Crippen LogP contribution in [0.25, 0.3) is 0 Å². The van der Waals surface area contributed by atoms with Crippen molar-refractivity contribution in [2.24, 2.45) is 5.92 Å². The Hall–Kier alpha value is -2.14. The van der Waals surface area contributed by atoms with Gasteiger partial charge in [0.2, 0.25) is 5.91 Å². The Balaban J connectivity index is 1.44. The number of amides is 1. The second-order valence-corrected chi connectivity index (χ2v) is 8.44. The first-order valence-corrected chi connectivity index (χ1v) is 10.0. The highest BCUT2D eigenvalue weighted by atomic mass is 32.1. The summed E-state index contributed by atoms with van der Waals surface area (Å²) in [5.41, 5.74) is 1.26. The molecule has 2 aromatic rings. The molecule has 1 saturated carbocycles. The third-order valence-corrected chi connectivity index (χ3v) is 7.16. The van der Waals surface area contributed by atoms with Crippen molar-refractivity contribution in [1.82, 2.24) is 4.90 Å². The average molecular weight is 369 g/mol. The van der Waals surface area contributed by atoms with E-state index in [0.717, 1.165) is 12.0 Å². The summed E-state index contributed by atoms with van der Waals surface area (Å²) in [6.07, 6.45) is 1.89. The minimum Gasteiger partial charge on any atom is -0.481 e. The molecule has 1 aliphatic heterocycles. The lowest BCUT2D eigenvalue weighted by Crippen LogP contribution is -2.49. The van der Waals surface area contributed by atoms with Crippen molar-refractivity contribution in [3.8, 4) is 0 Å². The summed E-state index contributed by atoms with van der Waals surface area (Å²) in [5, 5.41) is 12.0. The van der Waals surface area contributed by atoms with E-state index < -0.39 is 11.4 Å². The number of benzene rings is 1. The highest BCUT2D eigenvalue weighted by Gasteiger charge is 2.49. The highest BCUT2D eigenvalue weighted by molar-refractivity contribution is 7.10. The smallest absolute Gasteiger partial charge is 0.314 e. The fraction of sp³-hybridized carbons (Fsp3) is 0.429. The Bertz CT molecular complexity index is 821. The summed E-state index contributed by atoms with van der Waals surface area (Å²) in [6.45, 7) is 3.15. The van der Waals surface area contributed by atoms with Gasteiger partial charge in [-0.1, -0.05) is 30.3 Å². The standard InChI is InChI=1S/C21H23NO3S/c1-14-7-12-26-18(14)16-13-17(16)19(23)22-10-8-21(9-11-22,20(24)25)15-5-3-2-4-6-15/h2-7,12,16-17H,8-11,13H2,1H3,(H,24,25)/t16-,17-/m1/s1. The molecule has 4 rings (SSSR count). The van der Waals surface area contributed by atoms with E-state index in [4.69, 9.17) is 0 Å². The Morgan fingerprint density at radius 2 is 1.85 bits per heavy atom. The van der Waals surface area contributed by atoms with Crippen LogP contribution < -0.4 is 0 Å². The van der Waals surface area contributed by atoms with Crippen LogP contribution in [0.15, 0.2) is 41.8 Å². The van der Waals surface area contributed by atoms with Gasteiger partial charge in [0, 0.05) is 29.8 Å². The summed E-state index contributed by atoms with van der Waals surface area (Å²) in [6, 6.07) is 11.6. The van der Waals surface area contributed by atoms with Crippen molar-refractivity contribution in [2.75, 3.05) is 13.1 Å². The van der Waals surface area contributed by atoms with Gasteiger partial charge in [0.1, 0.15) is 0 Å². The first-order chi connectivity index (χ1) is 12.5. The number of rotatable bonds is 4. The van der Waals surface area contributed by atoms with Crippen LogP contribution in [0.3, 0.4) is 0 Å². The van der Waals surface area contributed by atoms with Crippen LogP contribution in [0.4, 0.5) is 0 Å². The van der Waals surface area contributed by atoms with Crippen molar-refractivity contribution in [3.63, 3.8) is 0 Å². The lowest BCUT2D eigenvalue weighted by Gasteiger charge is -2.39. The van der Waals surface area contributed by atoms with Gasteiger partial charge in [0.15, 0.2) is 0 Å². The number of nitrogens with zero attached hydrogens (tertiary/aromatic N) is 1. The molecule has 2 fully saturated rings. The number of hydrogen-bond donors (Lipinski definition) is 1. The number of hydrogen-bond acceptors (Lipinski definition) is 3. The number of carbonyl (C=O) groups is 2. The molecule has 0 radical (unpaired) electrons. The molecule has 2 atom stereocenters. The lowest BCUT2D eigenvalue weighted by atomic mass is 9.73. The number of piperidine rings is 1. The minimum absolute atomic E-state index is 0.0846. The molecule has 0 spiro atoms. The molecule has 1 aliphatic carbocycles. The largest absolute Gasteiger partial charge is 0.481 e. The van der Waals surface area contributed by atoms with Gasteiger partial charge in [-0.25, -0.2) is 0 Å². The van der Waals surface area contributed by atoms with Crippen molar-refractivity contribution < 1.29 is 14.7 Å². The zero-order valence-corrected chi connectivity index (χ0v) is 15.7. The number of likely N-dealkylation sites (tertiary alicyclic amines) is 1. The fourth-order valence-corrected chi connectivity index (χ4v) is 5.36. The topological polar surface area (TPSA) is 57.6 Å². The van der Waals surface area contributed by atoms with Crippen LogP contribution in [0.1, 0.15) is 41.2 Å². The number of carbonyl (C=O) groups excluding carboxylic acids is 1. The zero-order chi connectivity index (χ0) is 18.3. The Labute approximate surface area is 157 Å². The molecule has 2 aliphatic rings. The van der Waals surface area contributed by atoms with Gasteiger partial charge in [-0.3, -0.25) is 9.59 Å². The molecule has 1 aromatic heterocycles. The molecule has 0 bridgehead atoms. The first kappa shape index (κ1) is 17.3. The van der Waals surface area contributed by atoms with Crippen molar-refractivity contribution in [2.45, 2.75) is 37.5 Å². The molecular formula is C21H23NO3S. The summed E-state index contributed by atoms with van der Waals surface area (Å²) in [5.74, 6) is -0.131. The quantitative estimate of drug-likeness (QED) is 0.892. The lowest BCUT2D eigenvalue weighted by molar-refractivity contribution is -0.148. The van der Waals surface area contributed by atoms with E-state index in [9.17, 15) is 14.7 Å². The van der Waals surface area contributed by atoms with Gasteiger partial charge in [-0.2, -0.15) is 0 Å². The summed E-state index contributed by atoms with van der Waals surface area (Å²) < 4.78 is 0. The molecule has 5 heteroatoms. The van der Waals surface area contributed by atoms with E-state index >= 15 is 0 Å². The predicted molar refractivity (Wildman–Crippen MR) is 101 cm³/mol. The third-order valence-electron chi connectivity index (χ3n) is 6.01. The van der Waals surface area contributed by atoms with Crippen LogP contribution in [0.2, 0.25) is 0 Å². The molecule has 1 saturated heterocycles. The predicted octanol–water partition coefficient (Wildman–Crippen LogP) is 3.81. The second-order valence-electron chi connectivity index (χ2n) is 7.50. The van der Waals surface area contributed by atoms with E-state index in [1.54, 1.807) is 11.3 Å². The van der Waals surface area contributed by atoms with Gasteiger partial charge in [0.25, 0.3) is 0 Å². The summed E-state index contributed by atoms with van der Waals surface area (Å²) >= 11 is 1.74. The fourth-order valence-electron chi connectivity index (χ4n) is 4.25. The molecule has 136 valence electrons. The van der Waals surface area contributed by atoms with Crippen LogP contribution in [-0.4, -0.2) is 35.0 Å². The third kappa shape index (κ3) is 2.84. The molecule has 1 N–H and O–H groups in total. The van der Waals surface area contributed by atoms with Gasteiger partial charge >= 0.3 is 5.97 Å². The van der Waals surface area contributed by atoms with E-state index in [1.165, 1.54) is 10.4 Å². The number of carboxylic acids is 1. The average Bonchev–Trinajstić information content (AvgIpc) is 3.35. The number of thiophene rings is 1. The van der Waals surface area contributed by atoms with Crippen LogP contribution in [0, 0.1) is 12.8 Å². The van der Waals surface area contributed by atoms with Gasteiger partial charge in [-0.15, -0.1) is 11.3 Å². The van der Waals surface area contributed by atoms with Gasteiger partial charge in [-0.05, 0) is 48.8 Å². The molecule has 26 heavy (non-hydrogen) atoms. The maximum Gasteiger partial charge on any atom is 0.314 e. The maximum absolute atomic E-state index is 12.9. The van der Waals surface area contributed by atoms with Crippen LogP contribution >= 0.6 is 11.3 Å². The maximum atomic E-state index is 12.9. The van der Waals surface area contributed by atoms with Crippen molar-refractivity contribution in [1.29, 1.82) is 0 Å². The first-order valence-electron chi connectivity index (χ1n) is 9.14. The van der Waals surface area contributed by atoms with Gasteiger partial charge < -0.3 is 10.0 Å². The second kappa shape index (κ2) is 6.54. The van der Waals surface area contributed by atoms with E-state index in [0.29, 0.717) is 31.8 Å². The zero-order valence-electron chi connectivity index (χ0n) is 14.9. The SMILES string of the molecule is Cc1ccsc1[C@@H]1C[C@H]1C(=O)N1CCC(C(=O)O)(c2ccccc2)CC1.